The number of nitrogens with zero attached hydrogens (tertiary/aromatic N) is 2. The number of thiazole rings is 1. The number of benzene rings is 2. The Morgan fingerprint density at radius 3 is 2.32 bits per heavy atom. The van der Waals surface area contributed by atoms with Crippen molar-refractivity contribution in [2.75, 3.05) is 26.6 Å². The number of nitrogens with two attached hydrogens (primary N) is 1. The van der Waals surface area contributed by atoms with Gasteiger partial charge in [0.25, 0.3) is 0 Å². The van der Waals surface area contributed by atoms with Crippen LogP contribution in [0.3, 0.4) is 0 Å². The van der Waals surface area contributed by atoms with Crippen LogP contribution >= 0.6 is 11.3 Å². The summed E-state index contributed by atoms with van der Waals surface area (Å²) in [6.07, 6.45) is 0. The molecule has 0 saturated heterocycles. The fourth-order valence-electron chi connectivity index (χ4n) is 2.62. The molecule has 0 unspecified atom stereocenters. The topological polar surface area (TPSA) is 91.0 Å². The molecule has 1 aromatic heterocycles. The summed E-state index contributed by atoms with van der Waals surface area (Å²) in [4.78, 5) is 8.94. The third kappa shape index (κ3) is 4.52. The van der Waals surface area contributed by atoms with E-state index in [9.17, 15) is 0 Å². The van der Waals surface area contributed by atoms with Crippen LogP contribution in [-0.2, 0) is 6.54 Å². The Kier molecular flexibility index (Phi) is 6.33. The monoisotopic (exact) mass is 398 g/mol. The van der Waals surface area contributed by atoms with Gasteiger partial charge in [0, 0.05) is 10.9 Å². The van der Waals surface area contributed by atoms with E-state index in [-0.39, 0.29) is 5.96 Å². The summed E-state index contributed by atoms with van der Waals surface area (Å²) in [5.74, 6) is 2.47. The van der Waals surface area contributed by atoms with E-state index in [1.54, 1.807) is 21.3 Å². The van der Waals surface area contributed by atoms with Crippen molar-refractivity contribution in [3.05, 3.63) is 53.4 Å². The molecule has 0 bridgehead atoms. The molecule has 0 radical (unpaired) electrons. The van der Waals surface area contributed by atoms with Crippen LogP contribution in [0.1, 0.15) is 5.56 Å². The normalized spacial score (nSPS) is 11.2. The third-order valence-electron chi connectivity index (χ3n) is 4.06. The first kappa shape index (κ1) is 19.5. The molecule has 0 aliphatic carbocycles. The maximum absolute atomic E-state index is 6.03. The van der Waals surface area contributed by atoms with Crippen molar-refractivity contribution < 1.29 is 14.2 Å². The van der Waals surface area contributed by atoms with Gasteiger partial charge in [0.15, 0.2) is 11.1 Å². The summed E-state index contributed by atoms with van der Waals surface area (Å²) in [5, 5.41) is 5.65. The largest absolute Gasteiger partial charge is 0.497 e. The van der Waals surface area contributed by atoms with Gasteiger partial charge in [0.05, 0.1) is 39.1 Å². The van der Waals surface area contributed by atoms with Gasteiger partial charge in [-0.05, 0) is 36.4 Å². The maximum Gasteiger partial charge on any atom is 0.195 e. The Morgan fingerprint density at radius 2 is 1.71 bits per heavy atom. The highest BCUT2D eigenvalue weighted by Gasteiger charge is 2.10. The number of nitrogens with one attached hydrogen (secondary N) is 1. The van der Waals surface area contributed by atoms with Crippen molar-refractivity contribution in [2.45, 2.75) is 6.54 Å². The van der Waals surface area contributed by atoms with Gasteiger partial charge in [-0.25, -0.2) is 9.98 Å². The minimum Gasteiger partial charge on any atom is -0.497 e. The zero-order valence-corrected chi connectivity index (χ0v) is 16.7. The van der Waals surface area contributed by atoms with Crippen molar-refractivity contribution in [1.29, 1.82) is 0 Å². The molecular weight excluding hydrogens is 376 g/mol. The first-order chi connectivity index (χ1) is 13.6. The third-order valence-corrected chi connectivity index (χ3v) is 4.82. The smallest absolute Gasteiger partial charge is 0.195 e. The Labute approximate surface area is 167 Å². The van der Waals surface area contributed by atoms with Crippen LogP contribution in [0.15, 0.2) is 52.8 Å². The average molecular weight is 398 g/mol. The first-order valence-corrected chi connectivity index (χ1v) is 9.39. The lowest BCUT2D eigenvalue weighted by atomic mass is 10.2. The molecule has 3 aromatic rings. The molecule has 7 nitrogen and oxygen atoms in total. The molecule has 0 spiro atoms. The van der Waals surface area contributed by atoms with Gasteiger partial charge in [-0.2, -0.15) is 0 Å². The van der Waals surface area contributed by atoms with Gasteiger partial charge < -0.3 is 25.3 Å². The lowest BCUT2D eigenvalue weighted by molar-refractivity contribution is 0.385. The molecule has 2 aromatic carbocycles. The SMILES string of the molecule is COc1ccc(-c2csc(NC(N)=NCc3c(OC)cccc3OC)n2)cc1. The van der Waals surface area contributed by atoms with Crippen LogP contribution in [-0.4, -0.2) is 32.3 Å². The van der Waals surface area contributed by atoms with Gasteiger partial charge in [0.2, 0.25) is 0 Å². The van der Waals surface area contributed by atoms with Gasteiger partial charge in [-0.3, -0.25) is 0 Å². The van der Waals surface area contributed by atoms with E-state index >= 15 is 0 Å². The number of ether oxygens (including phenoxy) is 3. The summed E-state index contributed by atoms with van der Waals surface area (Å²) in [6.45, 7) is 0.322. The molecule has 0 aliphatic heterocycles. The highest BCUT2D eigenvalue weighted by Crippen LogP contribution is 2.29. The molecule has 3 N–H and O–H groups in total. The van der Waals surface area contributed by atoms with Crippen molar-refractivity contribution in [3.8, 4) is 28.5 Å². The number of aromatic nitrogens is 1. The van der Waals surface area contributed by atoms with Crippen LogP contribution in [0.2, 0.25) is 0 Å². The number of anilines is 1. The predicted molar refractivity (Wildman–Crippen MR) is 113 cm³/mol. The second-order valence-corrected chi connectivity index (χ2v) is 6.59. The first-order valence-electron chi connectivity index (χ1n) is 8.51. The summed E-state index contributed by atoms with van der Waals surface area (Å²) >= 11 is 1.46. The van der Waals surface area contributed by atoms with E-state index < -0.39 is 0 Å². The molecule has 0 saturated carbocycles. The summed E-state index contributed by atoms with van der Waals surface area (Å²) < 4.78 is 15.9. The zero-order valence-electron chi connectivity index (χ0n) is 15.9. The molecule has 3 rings (SSSR count). The Bertz CT molecular complexity index is 932. The highest BCUT2D eigenvalue weighted by atomic mass is 32.1. The fourth-order valence-corrected chi connectivity index (χ4v) is 3.35. The van der Waals surface area contributed by atoms with Gasteiger partial charge in [-0.15, -0.1) is 11.3 Å². The van der Waals surface area contributed by atoms with E-state index in [2.05, 4.69) is 15.3 Å². The Balaban J connectivity index is 1.70. The van der Waals surface area contributed by atoms with Gasteiger partial charge in [-0.1, -0.05) is 6.07 Å². The maximum atomic E-state index is 6.03. The quantitative estimate of drug-likeness (QED) is 0.465. The second kappa shape index (κ2) is 9.09. The van der Waals surface area contributed by atoms with Crippen molar-refractivity contribution >= 4 is 22.4 Å². The molecule has 0 amide bonds. The molecule has 1 heterocycles. The molecule has 146 valence electrons. The van der Waals surface area contributed by atoms with Crippen molar-refractivity contribution in [2.24, 2.45) is 10.7 Å². The second-order valence-electron chi connectivity index (χ2n) is 5.73. The number of aliphatic imine (C=N–C) groups is 1. The van der Waals surface area contributed by atoms with Crippen LogP contribution < -0.4 is 25.3 Å². The standard InChI is InChI=1S/C20H22N4O3S/c1-25-14-9-7-13(8-10-14)16-12-28-20(23-16)24-19(21)22-11-15-17(26-2)5-4-6-18(15)27-3/h4-10,12H,11H2,1-3H3,(H3,21,22,23,24). The Hall–Kier alpha value is -3.26. The zero-order chi connectivity index (χ0) is 19.9. The predicted octanol–water partition coefficient (Wildman–Crippen LogP) is 3.76. The molecular formula is C20H22N4O3S. The summed E-state index contributed by atoms with van der Waals surface area (Å²) in [7, 11) is 4.86. The van der Waals surface area contributed by atoms with E-state index in [0.717, 1.165) is 22.6 Å². The van der Waals surface area contributed by atoms with Crippen molar-refractivity contribution in [1.82, 2.24) is 4.98 Å². The summed E-state index contributed by atoms with van der Waals surface area (Å²) in [6, 6.07) is 13.3. The Morgan fingerprint density at radius 1 is 1.04 bits per heavy atom. The lowest BCUT2D eigenvalue weighted by Gasteiger charge is -2.11. The van der Waals surface area contributed by atoms with Gasteiger partial charge >= 0.3 is 0 Å². The van der Waals surface area contributed by atoms with E-state index in [4.69, 9.17) is 19.9 Å². The average Bonchev–Trinajstić information content (AvgIpc) is 3.20. The van der Waals surface area contributed by atoms with Crippen LogP contribution in [0.5, 0.6) is 17.2 Å². The molecule has 0 atom stereocenters. The number of methoxy groups -OCH3 is 3. The molecule has 0 aliphatic rings. The van der Waals surface area contributed by atoms with Crippen molar-refractivity contribution in [3.63, 3.8) is 0 Å². The summed E-state index contributed by atoms with van der Waals surface area (Å²) in [5.41, 5.74) is 8.71. The number of hydrogen-bond acceptors (Lipinski definition) is 6. The number of hydrogen-bond donors (Lipinski definition) is 2. The molecule has 8 heteroatoms. The minimum absolute atomic E-state index is 0.267. The van der Waals surface area contributed by atoms with Gasteiger partial charge in [0.1, 0.15) is 17.2 Å². The number of guanidine groups is 1. The van der Waals surface area contributed by atoms with Crippen LogP contribution in [0.25, 0.3) is 11.3 Å². The number of rotatable bonds is 7. The molecule has 28 heavy (non-hydrogen) atoms. The van der Waals surface area contributed by atoms with E-state index in [0.29, 0.717) is 23.2 Å². The minimum atomic E-state index is 0.267. The van der Waals surface area contributed by atoms with Crippen LogP contribution in [0.4, 0.5) is 5.13 Å². The highest BCUT2D eigenvalue weighted by molar-refractivity contribution is 7.14. The van der Waals surface area contributed by atoms with E-state index in [1.165, 1.54) is 11.3 Å². The van der Waals surface area contributed by atoms with E-state index in [1.807, 2.05) is 47.8 Å². The lowest BCUT2D eigenvalue weighted by Crippen LogP contribution is -2.22. The fraction of sp³-hybridized carbons (Fsp3) is 0.200. The molecule has 0 fully saturated rings. The van der Waals surface area contributed by atoms with Crippen LogP contribution in [0, 0.1) is 0 Å².